The molecule has 0 radical (unpaired) electrons. The maximum Gasteiger partial charge on any atom is 0.130 e. The van der Waals surface area contributed by atoms with E-state index in [4.69, 9.17) is 0 Å². The summed E-state index contributed by atoms with van der Waals surface area (Å²) < 4.78 is 0. The molecule has 1 fully saturated rings. The van der Waals surface area contributed by atoms with Gasteiger partial charge in [0.25, 0.3) is 0 Å². The molecule has 1 aliphatic heterocycles. The molecule has 22 heavy (non-hydrogen) atoms. The van der Waals surface area contributed by atoms with Crippen LogP contribution in [0, 0.1) is 5.92 Å². The van der Waals surface area contributed by atoms with Gasteiger partial charge in [-0.2, -0.15) is 0 Å². The van der Waals surface area contributed by atoms with Crippen molar-refractivity contribution in [2.45, 2.75) is 25.8 Å². The van der Waals surface area contributed by atoms with Gasteiger partial charge in [0.05, 0.1) is 0 Å². The fourth-order valence-corrected chi connectivity index (χ4v) is 3.35. The first-order valence-electron chi connectivity index (χ1n) is 8.08. The van der Waals surface area contributed by atoms with Crippen molar-refractivity contribution in [3.8, 4) is 0 Å². The monoisotopic (exact) mass is 296 g/mol. The molecule has 1 aliphatic rings. The van der Waals surface area contributed by atoms with Crippen molar-refractivity contribution in [3.63, 3.8) is 0 Å². The molecule has 0 spiro atoms. The van der Waals surface area contributed by atoms with Crippen LogP contribution in [-0.4, -0.2) is 35.0 Å². The summed E-state index contributed by atoms with van der Waals surface area (Å²) in [6.07, 6.45) is 9.42. The average molecular weight is 296 g/mol. The van der Waals surface area contributed by atoms with Gasteiger partial charge in [-0.1, -0.05) is 12.1 Å². The lowest BCUT2D eigenvalue weighted by molar-refractivity contribution is 0.167. The zero-order valence-corrected chi connectivity index (χ0v) is 13.2. The standard InChI is InChI=1S/C18H24N4/c1-19-18-17(7-3-9-21-18)14-22-10-4-6-16(13-22)11-15-5-2-8-20-12-15/h2-3,5,7-9,12,16H,4,6,10-11,13-14H2,1H3,(H,19,21)/t16-/m0/s1. The van der Waals surface area contributed by atoms with Crippen LogP contribution in [0.5, 0.6) is 0 Å². The van der Waals surface area contributed by atoms with Crippen LogP contribution < -0.4 is 5.32 Å². The van der Waals surface area contributed by atoms with E-state index in [9.17, 15) is 0 Å². The Morgan fingerprint density at radius 1 is 1.27 bits per heavy atom. The molecule has 0 aromatic carbocycles. The second-order valence-electron chi connectivity index (χ2n) is 6.07. The maximum absolute atomic E-state index is 4.40. The van der Waals surface area contributed by atoms with E-state index in [0.717, 1.165) is 31.2 Å². The Kier molecular flexibility index (Phi) is 5.01. The van der Waals surface area contributed by atoms with Crippen LogP contribution >= 0.6 is 0 Å². The van der Waals surface area contributed by atoms with Crippen LogP contribution in [0.15, 0.2) is 42.9 Å². The van der Waals surface area contributed by atoms with Gasteiger partial charge in [-0.05, 0) is 49.4 Å². The van der Waals surface area contributed by atoms with Crippen LogP contribution in [0.4, 0.5) is 5.82 Å². The van der Waals surface area contributed by atoms with Crippen LogP contribution in [-0.2, 0) is 13.0 Å². The van der Waals surface area contributed by atoms with Crippen molar-refractivity contribution in [1.29, 1.82) is 0 Å². The summed E-state index contributed by atoms with van der Waals surface area (Å²) in [5.74, 6) is 1.73. The predicted octanol–water partition coefficient (Wildman–Crippen LogP) is 2.97. The van der Waals surface area contributed by atoms with E-state index < -0.39 is 0 Å². The number of hydrogen-bond donors (Lipinski definition) is 1. The van der Waals surface area contributed by atoms with E-state index in [1.54, 1.807) is 0 Å². The molecule has 0 bridgehead atoms. The van der Waals surface area contributed by atoms with E-state index >= 15 is 0 Å². The van der Waals surface area contributed by atoms with Crippen molar-refractivity contribution in [3.05, 3.63) is 54.0 Å². The highest BCUT2D eigenvalue weighted by Crippen LogP contribution is 2.23. The molecule has 2 aromatic rings. The largest absolute Gasteiger partial charge is 0.373 e. The Morgan fingerprint density at radius 2 is 2.18 bits per heavy atom. The van der Waals surface area contributed by atoms with Crippen LogP contribution in [0.2, 0.25) is 0 Å². The van der Waals surface area contributed by atoms with Gasteiger partial charge in [0, 0.05) is 44.3 Å². The van der Waals surface area contributed by atoms with Gasteiger partial charge in [-0.15, -0.1) is 0 Å². The van der Waals surface area contributed by atoms with Gasteiger partial charge in [-0.3, -0.25) is 9.88 Å². The molecular weight excluding hydrogens is 272 g/mol. The van der Waals surface area contributed by atoms with Crippen LogP contribution in [0.3, 0.4) is 0 Å². The number of likely N-dealkylation sites (tertiary alicyclic amines) is 1. The number of piperidine rings is 1. The zero-order valence-electron chi connectivity index (χ0n) is 13.2. The Morgan fingerprint density at radius 3 is 3.00 bits per heavy atom. The Hall–Kier alpha value is -1.94. The Labute approximate surface area is 132 Å². The molecule has 0 unspecified atom stereocenters. The molecule has 0 saturated carbocycles. The summed E-state index contributed by atoms with van der Waals surface area (Å²) in [6.45, 7) is 3.32. The lowest BCUT2D eigenvalue weighted by Crippen LogP contribution is -2.35. The summed E-state index contributed by atoms with van der Waals surface area (Å²) in [5.41, 5.74) is 2.64. The second kappa shape index (κ2) is 7.36. The Balaban J connectivity index is 1.61. The molecule has 1 atom stereocenters. The summed E-state index contributed by atoms with van der Waals surface area (Å²) in [5, 5.41) is 3.19. The first-order valence-corrected chi connectivity index (χ1v) is 8.08. The molecule has 3 heterocycles. The van der Waals surface area contributed by atoms with E-state index in [-0.39, 0.29) is 0 Å². The highest BCUT2D eigenvalue weighted by molar-refractivity contribution is 5.42. The fraction of sp³-hybridized carbons (Fsp3) is 0.444. The lowest BCUT2D eigenvalue weighted by Gasteiger charge is -2.33. The zero-order chi connectivity index (χ0) is 15.2. The Bertz CT molecular complexity index is 585. The van der Waals surface area contributed by atoms with Gasteiger partial charge in [0.15, 0.2) is 0 Å². The highest BCUT2D eigenvalue weighted by atomic mass is 15.1. The van der Waals surface area contributed by atoms with Crippen LogP contribution in [0.1, 0.15) is 24.0 Å². The van der Waals surface area contributed by atoms with Gasteiger partial charge in [0.1, 0.15) is 5.82 Å². The summed E-state index contributed by atoms with van der Waals surface area (Å²) >= 11 is 0. The van der Waals surface area contributed by atoms with E-state index in [1.165, 1.54) is 30.5 Å². The van der Waals surface area contributed by atoms with Crippen molar-refractivity contribution >= 4 is 5.82 Å². The molecule has 0 amide bonds. The summed E-state index contributed by atoms with van der Waals surface area (Å²) in [7, 11) is 1.94. The third kappa shape index (κ3) is 3.83. The fourth-order valence-electron chi connectivity index (χ4n) is 3.35. The number of anilines is 1. The molecule has 0 aliphatic carbocycles. The molecule has 1 N–H and O–H groups in total. The topological polar surface area (TPSA) is 41.1 Å². The normalized spacial score (nSPS) is 19.0. The molecule has 116 valence electrons. The molecule has 1 saturated heterocycles. The van der Waals surface area contributed by atoms with Crippen molar-refractivity contribution in [1.82, 2.24) is 14.9 Å². The molecular formula is C18H24N4. The lowest BCUT2D eigenvalue weighted by atomic mass is 9.91. The van der Waals surface area contributed by atoms with Gasteiger partial charge >= 0.3 is 0 Å². The first kappa shape index (κ1) is 15.0. The average Bonchev–Trinajstić information content (AvgIpc) is 2.57. The van der Waals surface area contributed by atoms with Gasteiger partial charge in [-0.25, -0.2) is 4.98 Å². The molecule has 4 heteroatoms. The number of aromatic nitrogens is 2. The highest BCUT2D eigenvalue weighted by Gasteiger charge is 2.21. The SMILES string of the molecule is CNc1ncccc1CN1CCC[C@@H](Cc2cccnc2)C1. The quantitative estimate of drug-likeness (QED) is 0.921. The van der Waals surface area contributed by atoms with Crippen molar-refractivity contribution < 1.29 is 0 Å². The predicted molar refractivity (Wildman–Crippen MR) is 89.7 cm³/mol. The number of nitrogens with one attached hydrogen (secondary N) is 1. The first-order chi connectivity index (χ1) is 10.8. The summed E-state index contributed by atoms with van der Waals surface area (Å²) in [6, 6.07) is 8.41. The smallest absolute Gasteiger partial charge is 0.130 e. The van der Waals surface area contributed by atoms with Gasteiger partial charge in [0.2, 0.25) is 0 Å². The van der Waals surface area contributed by atoms with E-state index in [0.29, 0.717) is 0 Å². The minimum atomic E-state index is 0.729. The second-order valence-corrected chi connectivity index (χ2v) is 6.07. The number of nitrogens with zero attached hydrogens (tertiary/aromatic N) is 3. The third-order valence-corrected chi connectivity index (χ3v) is 4.37. The molecule has 2 aromatic heterocycles. The minimum Gasteiger partial charge on any atom is -0.373 e. The van der Waals surface area contributed by atoms with E-state index in [1.807, 2.05) is 37.8 Å². The number of hydrogen-bond acceptors (Lipinski definition) is 4. The minimum absolute atomic E-state index is 0.729. The molecule has 3 rings (SSSR count). The van der Waals surface area contributed by atoms with Crippen molar-refractivity contribution in [2.75, 3.05) is 25.5 Å². The number of rotatable bonds is 5. The van der Waals surface area contributed by atoms with Crippen molar-refractivity contribution in [2.24, 2.45) is 5.92 Å². The van der Waals surface area contributed by atoms with Crippen LogP contribution in [0.25, 0.3) is 0 Å². The summed E-state index contributed by atoms with van der Waals surface area (Å²) in [4.78, 5) is 11.2. The number of pyridine rings is 2. The molecule has 4 nitrogen and oxygen atoms in total. The van der Waals surface area contributed by atoms with E-state index in [2.05, 4.69) is 32.3 Å². The third-order valence-electron chi connectivity index (χ3n) is 4.37. The van der Waals surface area contributed by atoms with Gasteiger partial charge < -0.3 is 5.32 Å². The maximum atomic E-state index is 4.40.